The van der Waals surface area contributed by atoms with Crippen molar-refractivity contribution in [1.82, 2.24) is 5.32 Å². The molecule has 3 atom stereocenters. The first kappa shape index (κ1) is 15.0. The van der Waals surface area contributed by atoms with E-state index >= 15 is 0 Å². The molecule has 4 rings (SSSR count). The summed E-state index contributed by atoms with van der Waals surface area (Å²) in [4.78, 5) is 25.6. The van der Waals surface area contributed by atoms with Gasteiger partial charge >= 0.3 is 0 Å². The molecule has 2 heterocycles. The zero-order valence-corrected chi connectivity index (χ0v) is 12.8. The minimum absolute atomic E-state index is 0.0185. The van der Waals surface area contributed by atoms with Gasteiger partial charge < -0.3 is 15.4 Å². The number of piperidine rings is 1. The highest BCUT2D eigenvalue weighted by molar-refractivity contribution is 6.01. The van der Waals surface area contributed by atoms with E-state index in [-0.39, 0.29) is 42.4 Å². The third-order valence-electron chi connectivity index (χ3n) is 4.79. The second kappa shape index (κ2) is 5.49. The monoisotopic (exact) mass is 329 g/mol. The Morgan fingerprint density at radius 2 is 2.38 bits per heavy atom. The number of benzene rings is 1. The summed E-state index contributed by atoms with van der Waals surface area (Å²) < 4.78 is 19.5. The van der Waals surface area contributed by atoms with Crippen LogP contribution in [0.25, 0.3) is 0 Å². The molecule has 2 aliphatic heterocycles. The number of anilines is 2. The molecule has 2 N–H and O–H groups in total. The molecule has 3 aliphatic rings. The Balaban J connectivity index is 1.61. The second-order valence-corrected chi connectivity index (χ2v) is 6.31. The topological polar surface area (TPSA) is 70.7 Å². The van der Waals surface area contributed by atoms with Crippen molar-refractivity contribution in [3.63, 3.8) is 0 Å². The van der Waals surface area contributed by atoms with Crippen LogP contribution in [0.1, 0.15) is 6.42 Å². The van der Waals surface area contributed by atoms with Gasteiger partial charge in [0, 0.05) is 6.07 Å². The van der Waals surface area contributed by atoms with Crippen LogP contribution in [0.2, 0.25) is 0 Å². The van der Waals surface area contributed by atoms with E-state index in [1.165, 1.54) is 17.0 Å². The maximum Gasteiger partial charge on any atom is 0.265 e. The average Bonchev–Trinajstić information content (AvgIpc) is 3.21. The van der Waals surface area contributed by atoms with E-state index in [0.717, 1.165) is 13.0 Å². The number of halogens is 1. The molecule has 2 fully saturated rings. The fourth-order valence-corrected chi connectivity index (χ4v) is 3.42. The highest BCUT2D eigenvalue weighted by Gasteiger charge is 2.51. The van der Waals surface area contributed by atoms with Gasteiger partial charge in [-0.3, -0.25) is 14.5 Å². The quantitative estimate of drug-likeness (QED) is 0.802. The van der Waals surface area contributed by atoms with Crippen molar-refractivity contribution < 1.29 is 18.7 Å². The van der Waals surface area contributed by atoms with E-state index in [9.17, 15) is 14.0 Å². The van der Waals surface area contributed by atoms with Gasteiger partial charge in [-0.1, -0.05) is 5.92 Å². The summed E-state index contributed by atoms with van der Waals surface area (Å²) in [6.45, 7) is 0.699. The molecule has 1 aromatic carbocycles. The SMILES string of the molecule is C#CCN1C(=O)COc2cc(F)c(NC(=O)C3NCC4CC43)cc21. The fourth-order valence-electron chi connectivity index (χ4n) is 3.42. The number of rotatable bonds is 3. The van der Waals surface area contributed by atoms with E-state index < -0.39 is 5.82 Å². The summed E-state index contributed by atoms with van der Waals surface area (Å²) in [5, 5.41) is 5.76. The van der Waals surface area contributed by atoms with Gasteiger partial charge in [0.15, 0.2) is 12.4 Å². The summed E-state index contributed by atoms with van der Waals surface area (Å²) in [5.74, 6) is 2.37. The van der Waals surface area contributed by atoms with Crippen LogP contribution >= 0.6 is 0 Å². The normalized spacial score (nSPS) is 26.9. The standard InChI is InChI=1S/C17H16FN3O3/c1-2-3-21-13-6-12(11(18)5-14(13)24-8-15(21)22)20-17(23)16-10-4-9(10)7-19-16/h1,5-6,9-10,16,19H,3-4,7-8H2,(H,20,23). The summed E-state index contributed by atoms with van der Waals surface area (Å²) in [7, 11) is 0. The smallest absolute Gasteiger partial charge is 0.265 e. The van der Waals surface area contributed by atoms with Gasteiger partial charge in [0.25, 0.3) is 5.91 Å². The van der Waals surface area contributed by atoms with Crippen molar-refractivity contribution in [3.8, 4) is 18.1 Å². The van der Waals surface area contributed by atoms with E-state index in [4.69, 9.17) is 11.2 Å². The van der Waals surface area contributed by atoms with Crippen molar-refractivity contribution in [3.05, 3.63) is 17.9 Å². The zero-order valence-electron chi connectivity index (χ0n) is 12.8. The van der Waals surface area contributed by atoms with Gasteiger partial charge in [-0.15, -0.1) is 6.42 Å². The molecule has 1 aliphatic carbocycles. The van der Waals surface area contributed by atoms with Crippen molar-refractivity contribution in [2.45, 2.75) is 12.5 Å². The number of amides is 2. The first-order valence-corrected chi connectivity index (χ1v) is 7.83. The lowest BCUT2D eigenvalue weighted by Crippen LogP contribution is -2.40. The van der Waals surface area contributed by atoms with Gasteiger partial charge in [0.2, 0.25) is 5.91 Å². The Hall–Kier alpha value is -2.59. The molecule has 1 saturated heterocycles. The molecule has 124 valence electrons. The largest absolute Gasteiger partial charge is 0.481 e. The molecule has 3 unspecified atom stereocenters. The third kappa shape index (κ3) is 2.39. The van der Waals surface area contributed by atoms with Crippen LogP contribution in [0.4, 0.5) is 15.8 Å². The number of hydrogen-bond acceptors (Lipinski definition) is 4. The molecule has 1 aromatic rings. The Labute approximate surface area is 138 Å². The van der Waals surface area contributed by atoms with Gasteiger partial charge in [-0.05, 0) is 30.9 Å². The fraction of sp³-hybridized carbons (Fsp3) is 0.412. The van der Waals surface area contributed by atoms with Crippen LogP contribution in [-0.2, 0) is 9.59 Å². The number of nitrogens with one attached hydrogen (secondary N) is 2. The lowest BCUT2D eigenvalue weighted by atomic mass is 10.1. The predicted molar refractivity (Wildman–Crippen MR) is 85.1 cm³/mol. The Bertz CT molecular complexity index is 773. The zero-order chi connectivity index (χ0) is 16.8. The van der Waals surface area contributed by atoms with Gasteiger partial charge in [-0.2, -0.15) is 0 Å². The molecular formula is C17H16FN3O3. The second-order valence-electron chi connectivity index (χ2n) is 6.31. The van der Waals surface area contributed by atoms with E-state index in [2.05, 4.69) is 16.6 Å². The molecule has 0 spiro atoms. The molecule has 24 heavy (non-hydrogen) atoms. The van der Waals surface area contributed by atoms with Crippen LogP contribution in [-0.4, -0.2) is 37.6 Å². The molecular weight excluding hydrogens is 313 g/mol. The minimum Gasteiger partial charge on any atom is -0.481 e. The highest BCUT2D eigenvalue weighted by atomic mass is 19.1. The lowest BCUT2D eigenvalue weighted by molar-refractivity contribution is -0.121. The van der Waals surface area contributed by atoms with Crippen molar-refractivity contribution >= 4 is 23.2 Å². The van der Waals surface area contributed by atoms with Gasteiger partial charge in [0.1, 0.15) is 5.75 Å². The molecule has 6 nitrogen and oxygen atoms in total. The Morgan fingerprint density at radius 3 is 3.04 bits per heavy atom. The lowest BCUT2D eigenvalue weighted by Gasteiger charge is -2.28. The Morgan fingerprint density at radius 1 is 1.54 bits per heavy atom. The summed E-state index contributed by atoms with van der Waals surface area (Å²) in [6.07, 6.45) is 6.33. The molecule has 2 amide bonds. The van der Waals surface area contributed by atoms with Crippen LogP contribution in [0, 0.1) is 30.0 Å². The number of terminal acetylenes is 1. The van der Waals surface area contributed by atoms with Crippen LogP contribution in [0.15, 0.2) is 12.1 Å². The first-order chi connectivity index (χ1) is 11.6. The number of hydrogen-bond donors (Lipinski definition) is 2. The van der Waals surface area contributed by atoms with Crippen LogP contribution < -0.4 is 20.3 Å². The molecule has 7 heteroatoms. The number of carbonyl (C=O) groups is 2. The van der Waals surface area contributed by atoms with Crippen LogP contribution in [0.3, 0.4) is 0 Å². The first-order valence-electron chi connectivity index (χ1n) is 7.83. The maximum atomic E-state index is 14.3. The number of fused-ring (bicyclic) bond motifs is 2. The van der Waals surface area contributed by atoms with E-state index in [1.54, 1.807) is 0 Å². The summed E-state index contributed by atoms with van der Waals surface area (Å²) >= 11 is 0. The van der Waals surface area contributed by atoms with Crippen molar-refractivity contribution in [2.75, 3.05) is 29.9 Å². The molecule has 0 bridgehead atoms. The summed E-state index contributed by atoms with van der Waals surface area (Å²) in [5.41, 5.74) is 0.384. The average molecular weight is 329 g/mol. The molecule has 0 aromatic heterocycles. The number of carbonyl (C=O) groups excluding carboxylic acids is 2. The number of nitrogens with zero attached hydrogens (tertiary/aromatic N) is 1. The van der Waals surface area contributed by atoms with Gasteiger partial charge in [-0.25, -0.2) is 4.39 Å². The molecule has 1 saturated carbocycles. The molecule has 0 radical (unpaired) electrons. The van der Waals surface area contributed by atoms with Crippen LogP contribution in [0.5, 0.6) is 5.75 Å². The third-order valence-corrected chi connectivity index (χ3v) is 4.79. The van der Waals surface area contributed by atoms with E-state index in [0.29, 0.717) is 17.5 Å². The summed E-state index contributed by atoms with van der Waals surface area (Å²) in [6, 6.07) is 2.28. The van der Waals surface area contributed by atoms with Crippen molar-refractivity contribution in [2.24, 2.45) is 11.8 Å². The maximum absolute atomic E-state index is 14.3. The highest BCUT2D eigenvalue weighted by Crippen LogP contribution is 2.45. The van der Waals surface area contributed by atoms with E-state index in [1.807, 2.05) is 0 Å². The minimum atomic E-state index is -0.609. The predicted octanol–water partition coefficient (Wildman–Crippen LogP) is 0.731. The van der Waals surface area contributed by atoms with Crippen molar-refractivity contribution in [1.29, 1.82) is 0 Å². The van der Waals surface area contributed by atoms with Gasteiger partial charge in [0.05, 0.1) is 24.0 Å². The Kier molecular flexibility index (Phi) is 3.43. The number of ether oxygens (including phenoxy) is 1.